The van der Waals surface area contributed by atoms with Crippen molar-refractivity contribution in [2.75, 3.05) is 14.2 Å². The van der Waals surface area contributed by atoms with Crippen molar-refractivity contribution in [1.29, 1.82) is 0 Å². The third kappa shape index (κ3) is 5.92. The Labute approximate surface area is 268 Å². The van der Waals surface area contributed by atoms with E-state index in [1.807, 2.05) is 11.5 Å². The summed E-state index contributed by atoms with van der Waals surface area (Å²) < 4.78 is 47.8. The summed E-state index contributed by atoms with van der Waals surface area (Å²) in [4.78, 5) is 36.2. The Hall–Kier alpha value is -4.83. The van der Waals surface area contributed by atoms with E-state index in [0.717, 1.165) is 25.7 Å². The predicted molar refractivity (Wildman–Crippen MR) is 170 cm³/mol. The van der Waals surface area contributed by atoms with Gasteiger partial charge in [-0.25, -0.2) is 13.8 Å². The molecule has 8 nitrogen and oxygen atoms in total. The van der Waals surface area contributed by atoms with Gasteiger partial charge in [0.05, 0.1) is 30.3 Å². The number of Topliss-reactive ketones (excluding diaryl/α,β-unsaturated/α-hetero) is 1. The average Bonchev–Trinajstić information content (AvgIpc) is 3.58. The number of nitrogens with zero attached hydrogens (tertiary/aromatic N) is 3. The van der Waals surface area contributed by atoms with Crippen molar-refractivity contribution >= 4 is 28.4 Å². The minimum absolute atomic E-state index is 0.0209. The molecule has 1 aliphatic carbocycles. The van der Waals surface area contributed by atoms with Crippen LogP contribution >= 0.6 is 11.6 Å². The van der Waals surface area contributed by atoms with Crippen molar-refractivity contribution in [2.45, 2.75) is 45.1 Å². The number of aromatic nitrogens is 3. The van der Waals surface area contributed by atoms with E-state index in [9.17, 15) is 14.0 Å². The van der Waals surface area contributed by atoms with Gasteiger partial charge in [-0.15, -0.1) is 0 Å². The van der Waals surface area contributed by atoms with Crippen molar-refractivity contribution in [3.63, 3.8) is 0 Å². The molecule has 236 valence electrons. The molecule has 5 aromatic rings. The van der Waals surface area contributed by atoms with Gasteiger partial charge < -0.3 is 18.8 Å². The highest BCUT2D eigenvalue weighted by atomic mass is 35.5. The summed E-state index contributed by atoms with van der Waals surface area (Å²) in [5.41, 5.74) is 2.06. The molecule has 2 aromatic carbocycles. The van der Waals surface area contributed by atoms with Crippen LogP contribution < -0.4 is 19.6 Å². The Morgan fingerprint density at radius 3 is 2.46 bits per heavy atom. The SMILES string of the molecule is COc1cc2nccc(Oc3ccc(CC(=O)c4cn(C5CCCC5)c(C)c(-c5ccc(F)c(Cl)c5)c4=O)cc3F)c2nc1OC. The smallest absolute Gasteiger partial charge is 0.257 e. The van der Waals surface area contributed by atoms with Crippen LogP contribution in [0.1, 0.15) is 53.3 Å². The van der Waals surface area contributed by atoms with Gasteiger partial charge >= 0.3 is 0 Å². The molecule has 3 aromatic heterocycles. The second-order valence-electron chi connectivity index (χ2n) is 11.2. The molecule has 46 heavy (non-hydrogen) atoms. The Kier molecular flexibility index (Phi) is 8.73. The maximum Gasteiger partial charge on any atom is 0.257 e. The van der Waals surface area contributed by atoms with E-state index in [0.29, 0.717) is 39.2 Å². The van der Waals surface area contributed by atoms with Gasteiger partial charge in [0.15, 0.2) is 34.3 Å². The van der Waals surface area contributed by atoms with Crippen LogP contribution in [0, 0.1) is 18.6 Å². The standard InChI is InChI=1S/C35H30ClF2N3O5/c1-19-32(21-9-10-25(37)24(36)16-21)34(43)23(18-41(19)22-6-4-5-7-22)28(42)15-20-8-11-29(26(38)14-20)46-30-12-13-39-27-17-31(44-2)35(45-3)40-33(27)30/h8-14,16-18,22H,4-7,15H2,1-3H3. The van der Waals surface area contributed by atoms with Gasteiger partial charge in [0, 0.05) is 48.2 Å². The molecule has 1 aliphatic rings. The Morgan fingerprint density at radius 2 is 1.76 bits per heavy atom. The number of halogens is 3. The van der Waals surface area contributed by atoms with Crippen LogP contribution in [-0.2, 0) is 6.42 Å². The van der Waals surface area contributed by atoms with Gasteiger partial charge in [-0.3, -0.25) is 14.6 Å². The molecular weight excluding hydrogens is 616 g/mol. The number of pyridine rings is 3. The number of ether oxygens (including phenoxy) is 3. The van der Waals surface area contributed by atoms with Gasteiger partial charge in [0.2, 0.25) is 0 Å². The van der Waals surface area contributed by atoms with Crippen molar-refractivity contribution in [3.8, 4) is 34.3 Å². The Balaban J connectivity index is 1.31. The Morgan fingerprint density at radius 1 is 0.978 bits per heavy atom. The third-order valence-electron chi connectivity index (χ3n) is 8.32. The van der Waals surface area contributed by atoms with Crippen molar-refractivity contribution < 1.29 is 27.8 Å². The number of hydrogen-bond donors (Lipinski definition) is 0. The van der Waals surface area contributed by atoms with Gasteiger partial charge in [-0.05, 0) is 55.2 Å². The number of methoxy groups -OCH3 is 2. The highest BCUT2D eigenvalue weighted by Crippen LogP contribution is 2.36. The van der Waals surface area contributed by atoms with Gasteiger partial charge in [0.25, 0.3) is 5.88 Å². The highest BCUT2D eigenvalue weighted by Gasteiger charge is 2.25. The molecule has 3 heterocycles. The largest absolute Gasteiger partial charge is 0.491 e. The van der Waals surface area contributed by atoms with Crippen LogP contribution in [0.2, 0.25) is 5.02 Å². The lowest BCUT2D eigenvalue weighted by molar-refractivity contribution is 0.0991. The van der Waals surface area contributed by atoms with E-state index in [1.165, 1.54) is 50.7 Å². The molecule has 0 aliphatic heterocycles. The molecule has 0 spiro atoms. The summed E-state index contributed by atoms with van der Waals surface area (Å²) in [7, 11) is 2.94. The second kappa shape index (κ2) is 12.9. The van der Waals surface area contributed by atoms with Crippen LogP contribution in [0.25, 0.3) is 22.2 Å². The molecule has 0 saturated heterocycles. The summed E-state index contributed by atoms with van der Waals surface area (Å²) in [6, 6.07) is 11.6. The number of hydrogen-bond acceptors (Lipinski definition) is 7. The molecular formula is C35H30ClF2N3O5. The number of fused-ring (bicyclic) bond motifs is 1. The molecule has 0 amide bonds. The van der Waals surface area contributed by atoms with Crippen LogP contribution in [0.4, 0.5) is 8.78 Å². The van der Waals surface area contributed by atoms with Gasteiger partial charge in [-0.2, -0.15) is 0 Å². The first kappa shape index (κ1) is 31.2. The van der Waals surface area contributed by atoms with Crippen LogP contribution in [0.5, 0.6) is 23.1 Å². The zero-order valence-electron chi connectivity index (χ0n) is 25.4. The van der Waals surface area contributed by atoms with Gasteiger partial charge in [-0.1, -0.05) is 36.6 Å². The molecule has 1 saturated carbocycles. The first-order valence-corrected chi connectivity index (χ1v) is 15.1. The third-order valence-corrected chi connectivity index (χ3v) is 8.61. The lowest BCUT2D eigenvalue weighted by Crippen LogP contribution is -2.25. The number of carbonyl (C=O) groups excluding carboxylic acids is 1. The van der Waals surface area contributed by atoms with Crippen molar-refractivity contribution in [2.24, 2.45) is 0 Å². The van der Waals surface area contributed by atoms with E-state index < -0.39 is 22.8 Å². The summed E-state index contributed by atoms with van der Waals surface area (Å²) in [5.74, 6) is -1.01. The molecule has 0 atom stereocenters. The van der Waals surface area contributed by atoms with Crippen LogP contribution in [-0.4, -0.2) is 34.5 Å². The second-order valence-corrected chi connectivity index (χ2v) is 11.6. The lowest BCUT2D eigenvalue weighted by atomic mass is 9.96. The van der Waals surface area contributed by atoms with E-state index in [1.54, 1.807) is 24.4 Å². The fourth-order valence-electron chi connectivity index (χ4n) is 6.00. The van der Waals surface area contributed by atoms with E-state index in [4.69, 9.17) is 25.8 Å². The monoisotopic (exact) mass is 645 g/mol. The topological polar surface area (TPSA) is 92.5 Å². The van der Waals surface area contributed by atoms with E-state index >= 15 is 4.39 Å². The normalized spacial score (nSPS) is 13.3. The zero-order chi connectivity index (χ0) is 32.5. The lowest BCUT2D eigenvalue weighted by Gasteiger charge is -2.22. The predicted octanol–water partition coefficient (Wildman–Crippen LogP) is 8.05. The molecule has 0 unspecified atom stereocenters. The highest BCUT2D eigenvalue weighted by molar-refractivity contribution is 6.31. The summed E-state index contributed by atoms with van der Waals surface area (Å²) >= 11 is 6.06. The summed E-state index contributed by atoms with van der Waals surface area (Å²) in [6.45, 7) is 1.82. The summed E-state index contributed by atoms with van der Waals surface area (Å²) in [5, 5.41) is -0.118. The molecule has 0 radical (unpaired) electrons. The van der Waals surface area contributed by atoms with Gasteiger partial charge in [0.1, 0.15) is 11.3 Å². The fraction of sp³-hybridized carbons (Fsp3) is 0.257. The molecule has 0 bridgehead atoms. The molecule has 0 N–H and O–H groups in total. The summed E-state index contributed by atoms with van der Waals surface area (Å²) in [6.07, 6.45) is 6.80. The minimum Gasteiger partial charge on any atom is -0.491 e. The first-order chi connectivity index (χ1) is 22.2. The fourth-order valence-corrected chi connectivity index (χ4v) is 6.18. The van der Waals surface area contributed by atoms with Crippen molar-refractivity contribution in [3.05, 3.63) is 105 Å². The molecule has 11 heteroatoms. The van der Waals surface area contributed by atoms with Crippen molar-refractivity contribution in [1.82, 2.24) is 14.5 Å². The minimum atomic E-state index is -0.704. The number of rotatable bonds is 9. The first-order valence-electron chi connectivity index (χ1n) is 14.8. The van der Waals surface area contributed by atoms with E-state index in [2.05, 4.69) is 9.97 Å². The average molecular weight is 646 g/mol. The number of carbonyl (C=O) groups is 1. The zero-order valence-corrected chi connectivity index (χ0v) is 26.2. The number of ketones is 1. The maximum atomic E-state index is 15.4. The molecule has 6 rings (SSSR count). The Bertz CT molecular complexity index is 2040. The molecule has 1 fully saturated rings. The van der Waals surface area contributed by atoms with Crippen LogP contribution in [0.3, 0.4) is 0 Å². The quantitative estimate of drug-likeness (QED) is 0.150. The number of benzene rings is 2. The van der Waals surface area contributed by atoms with E-state index in [-0.39, 0.29) is 40.4 Å². The van der Waals surface area contributed by atoms with Crippen LogP contribution in [0.15, 0.2) is 65.7 Å². The maximum absolute atomic E-state index is 15.4.